The summed E-state index contributed by atoms with van der Waals surface area (Å²) >= 11 is 0. The average Bonchev–Trinajstić information content (AvgIpc) is 2.74. The minimum atomic E-state index is -0.108. The van der Waals surface area contributed by atoms with Crippen molar-refractivity contribution in [2.75, 3.05) is 13.1 Å². The van der Waals surface area contributed by atoms with E-state index in [1.54, 1.807) is 18.6 Å². The molecule has 2 aromatic heterocycles. The molecule has 0 N–H and O–H groups in total. The van der Waals surface area contributed by atoms with Gasteiger partial charge in [-0.1, -0.05) is 12.1 Å². The molecule has 0 saturated carbocycles. The molecule has 1 saturated heterocycles. The Balaban J connectivity index is 1.55. The average molecular weight is 375 g/mol. The first-order chi connectivity index (χ1) is 13.7. The number of aromatic nitrogens is 4. The number of piperidine rings is 1. The van der Waals surface area contributed by atoms with Crippen LogP contribution in [0.4, 0.5) is 0 Å². The molecule has 0 spiro atoms. The fraction of sp³-hybridized carbons (Fsp3) is 0.286. The van der Waals surface area contributed by atoms with Gasteiger partial charge in [0.2, 0.25) is 5.88 Å². The van der Waals surface area contributed by atoms with Gasteiger partial charge in [-0.3, -0.25) is 14.8 Å². The molecule has 0 radical (unpaired) electrons. The third kappa shape index (κ3) is 3.98. The van der Waals surface area contributed by atoms with E-state index in [0.717, 1.165) is 29.8 Å². The number of hydrogen-bond donors (Lipinski definition) is 0. The van der Waals surface area contributed by atoms with Crippen molar-refractivity contribution in [3.8, 4) is 11.6 Å². The van der Waals surface area contributed by atoms with Crippen molar-refractivity contribution in [1.29, 1.82) is 0 Å². The fourth-order valence-electron chi connectivity index (χ4n) is 3.44. The van der Waals surface area contributed by atoms with Crippen molar-refractivity contribution < 1.29 is 9.53 Å². The molecule has 1 aliphatic rings. The van der Waals surface area contributed by atoms with E-state index in [9.17, 15) is 4.79 Å². The summed E-state index contributed by atoms with van der Waals surface area (Å²) in [5.41, 5.74) is 2.25. The van der Waals surface area contributed by atoms with Gasteiger partial charge in [-0.15, -0.1) is 0 Å². The number of hydrogen-bond acceptors (Lipinski definition) is 6. The van der Waals surface area contributed by atoms with Crippen molar-refractivity contribution in [2.45, 2.75) is 25.7 Å². The quantitative estimate of drug-likeness (QED) is 0.695. The minimum absolute atomic E-state index is 0.0582. The lowest BCUT2D eigenvalue weighted by Gasteiger charge is -2.32. The van der Waals surface area contributed by atoms with E-state index in [4.69, 9.17) is 4.74 Å². The lowest BCUT2D eigenvalue weighted by molar-refractivity contribution is 0.0698. The Labute approximate surface area is 163 Å². The number of benzene rings is 1. The van der Waals surface area contributed by atoms with Gasteiger partial charge in [-0.05, 0) is 37.5 Å². The number of rotatable bonds is 4. The molecule has 7 nitrogen and oxygen atoms in total. The van der Waals surface area contributed by atoms with Crippen molar-refractivity contribution in [3.05, 3.63) is 72.2 Å². The summed E-state index contributed by atoms with van der Waals surface area (Å²) in [4.78, 5) is 31.6. The van der Waals surface area contributed by atoms with Gasteiger partial charge in [0.05, 0.1) is 6.20 Å². The van der Waals surface area contributed by atoms with E-state index < -0.39 is 0 Å². The monoisotopic (exact) mass is 375 g/mol. The lowest BCUT2D eigenvalue weighted by atomic mass is 9.94. The number of carbonyl (C=O) groups excluding carboxylic acids is 1. The molecule has 1 atom stereocenters. The Morgan fingerprint density at radius 1 is 1.14 bits per heavy atom. The summed E-state index contributed by atoms with van der Waals surface area (Å²) in [5.74, 6) is 1.17. The van der Waals surface area contributed by atoms with E-state index >= 15 is 0 Å². The smallest absolute Gasteiger partial charge is 0.274 e. The third-order valence-electron chi connectivity index (χ3n) is 4.77. The highest BCUT2D eigenvalue weighted by Gasteiger charge is 2.29. The Morgan fingerprint density at radius 2 is 2.00 bits per heavy atom. The predicted molar refractivity (Wildman–Crippen MR) is 103 cm³/mol. The Morgan fingerprint density at radius 3 is 2.82 bits per heavy atom. The zero-order valence-corrected chi connectivity index (χ0v) is 15.7. The Kier molecular flexibility index (Phi) is 5.23. The third-order valence-corrected chi connectivity index (χ3v) is 4.77. The zero-order chi connectivity index (χ0) is 19.3. The van der Waals surface area contributed by atoms with Gasteiger partial charge in [0.25, 0.3) is 5.91 Å². The molecule has 1 aliphatic heterocycles. The molecule has 3 heterocycles. The highest BCUT2D eigenvalue weighted by molar-refractivity contribution is 5.92. The maximum atomic E-state index is 12.7. The molecule has 0 unspecified atom stereocenters. The maximum Gasteiger partial charge on any atom is 0.274 e. The van der Waals surface area contributed by atoms with Gasteiger partial charge >= 0.3 is 0 Å². The molecule has 1 fully saturated rings. The lowest BCUT2D eigenvalue weighted by Crippen LogP contribution is -2.39. The second kappa shape index (κ2) is 8.12. The van der Waals surface area contributed by atoms with Gasteiger partial charge in [-0.2, -0.15) is 0 Å². The standard InChI is InChI=1S/C21H21N5O2/c1-15-4-2-6-17(12-15)28-20-19(24-9-10-25-20)16-5-3-11-26(14-16)21(27)18-13-22-7-8-23-18/h2,4,6-10,12-13,16H,3,5,11,14H2,1H3/t16-/m0/s1. The van der Waals surface area contributed by atoms with Crippen molar-refractivity contribution >= 4 is 5.91 Å². The molecule has 142 valence electrons. The molecule has 4 rings (SSSR count). The molecule has 0 aliphatic carbocycles. The molecule has 0 bridgehead atoms. The highest BCUT2D eigenvalue weighted by Crippen LogP contribution is 2.33. The van der Waals surface area contributed by atoms with Gasteiger partial charge < -0.3 is 9.64 Å². The minimum Gasteiger partial charge on any atom is -0.437 e. The summed E-state index contributed by atoms with van der Waals surface area (Å²) in [6, 6.07) is 7.82. The number of aryl methyl sites for hydroxylation is 1. The first-order valence-electron chi connectivity index (χ1n) is 9.31. The topological polar surface area (TPSA) is 81.1 Å². The van der Waals surface area contributed by atoms with E-state index in [0.29, 0.717) is 24.7 Å². The first kappa shape index (κ1) is 18.0. The van der Waals surface area contributed by atoms with Crippen molar-refractivity contribution in [3.63, 3.8) is 0 Å². The molecule has 3 aromatic rings. The second-order valence-corrected chi connectivity index (χ2v) is 6.85. The maximum absolute atomic E-state index is 12.7. The summed E-state index contributed by atoms with van der Waals surface area (Å²) < 4.78 is 6.02. The number of amides is 1. The van der Waals surface area contributed by atoms with Crippen molar-refractivity contribution in [1.82, 2.24) is 24.8 Å². The second-order valence-electron chi connectivity index (χ2n) is 6.85. The number of nitrogens with zero attached hydrogens (tertiary/aromatic N) is 5. The van der Waals surface area contributed by atoms with Crippen LogP contribution in [-0.2, 0) is 0 Å². The zero-order valence-electron chi connectivity index (χ0n) is 15.7. The van der Waals surface area contributed by atoms with Gasteiger partial charge in [0, 0.05) is 43.8 Å². The van der Waals surface area contributed by atoms with Crippen LogP contribution in [0.3, 0.4) is 0 Å². The number of ether oxygens (including phenoxy) is 1. The Bertz CT molecular complexity index is 964. The predicted octanol–water partition coefficient (Wildman–Crippen LogP) is 3.39. The van der Waals surface area contributed by atoms with Crippen LogP contribution in [-0.4, -0.2) is 43.8 Å². The molecule has 7 heteroatoms. The van der Waals surface area contributed by atoms with Crippen LogP contribution in [0.15, 0.2) is 55.2 Å². The fourth-order valence-corrected chi connectivity index (χ4v) is 3.44. The SMILES string of the molecule is Cc1cccc(Oc2nccnc2[C@H]2CCCN(C(=O)c3cnccn3)C2)c1. The number of likely N-dealkylation sites (tertiary alicyclic amines) is 1. The van der Waals surface area contributed by atoms with Gasteiger partial charge in [-0.25, -0.2) is 9.97 Å². The summed E-state index contributed by atoms with van der Waals surface area (Å²) in [6.45, 7) is 3.26. The first-order valence-corrected chi connectivity index (χ1v) is 9.31. The van der Waals surface area contributed by atoms with Crippen LogP contribution < -0.4 is 4.74 Å². The van der Waals surface area contributed by atoms with Gasteiger partial charge in [0.1, 0.15) is 17.1 Å². The van der Waals surface area contributed by atoms with Crippen LogP contribution in [0.1, 0.15) is 40.5 Å². The molecular weight excluding hydrogens is 354 g/mol. The molecular formula is C21H21N5O2. The van der Waals surface area contributed by atoms with E-state index in [2.05, 4.69) is 19.9 Å². The largest absolute Gasteiger partial charge is 0.437 e. The van der Waals surface area contributed by atoms with Crippen LogP contribution >= 0.6 is 0 Å². The summed E-state index contributed by atoms with van der Waals surface area (Å²) in [5, 5.41) is 0. The van der Waals surface area contributed by atoms with Crippen LogP contribution in [0, 0.1) is 6.92 Å². The highest BCUT2D eigenvalue weighted by atomic mass is 16.5. The Hall–Kier alpha value is -3.35. The van der Waals surface area contributed by atoms with Crippen molar-refractivity contribution in [2.24, 2.45) is 0 Å². The van der Waals surface area contributed by atoms with Crippen LogP contribution in [0.2, 0.25) is 0 Å². The van der Waals surface area contributed by atoms with Crippen LogP contribution in [0.25, 0.3) is 0 Å². The van der Waals surface area contributed by atoms with Gasteiger partial charge in [0.15, 0.2) is 0 Å². The molecule has 28 heavy (non-hydrogen) atoms. The summed E-state index contributed by atoms with van der Waals surface area (Å²) in [7, 11) is 0. The van der Waals surface area contributed by atoms with Crippen LogP contribution in [0.5, 0.6) is 11.6 Å². The van der Waals surface area contributed by atoms with E-state index in [1.807, 2.05) is 36.1 Å². The summed E-state index contributed by atoms with van der Waals surface area (Å²) in [6.07, 6.45) is 9.70. The molecule has 1 amide bonds. The van der Waals surface area contributed by atoms with E-state index in [-0.39, 0.29) is 11.8 Å². The number of carbonyl (C=O) groups is 1. The normalized spacial score (nSPS) is 16.6. The van der Waals surface area contributed by atoms with E-state index in [1.165, 1.54) is 12.4 Å². The molecule has 1 aromatic carbocycles.